The van der Waals surface area contributed by atoms with Crippen molar-refractivity contribution < 1.29 is 4.42 Å². The van der Waals surface area contributed by atoms with E-state index in [9.17, 15) is 0 Å². The molecule has 1 aliphatic rings. The van der Waals surface area contributed by atoms with E-state index < -0.39 is 0 Å². The van der Waals surface area contributed by atoms with Gasteiger partial charge in [0.15, 0.2) is 28.9 Å². The molecule has 0 aliphatic heterocycles. The van der Waals surface area contributed by atoms with E-state index in [1.54, 1.807) is 0 Å². The van der Waals surface area contributed by atoms with Gasteiger partial charge in [0, 0.05) is 100 Å². The van der Waals surface area contributed by atoms with Gasteiger partial charge in [-0.25, -0.2) is 24.9 Å². The molecule has 566 valence electrons. The highest BCUT2D eigenvalue weighted by Gasteiger charge is 2.40. The molecule has 0 radical (unpaired) electrons. The van der Waals surface area contributed by atoms with E-state index in [4.69, 9.17) is 29.3 Å². The summed E-state index contributed by atoms with van der Waals surface area (Å²) in [6.45, 7) is 4.68. The summed E-state index contributed by atoms with van der Waals surface area (Å²) in [4.78, 5) is 25.0. The van der Waals surface area contributed by atoms with Crippen molar-refractivity contribution in [3.63, 3.8) is 0 Å². The molecule has 16 aromatic carbocycles. The summed E-state index contributed by atoms with van der Waals surface area (Å²) in [6, 6.07) is 144. The van der Waals surface area contributed by atoms with Crippen LogP contribution in [-0.2, 0) is 5.41 Å². The lowest BCUT2D eigenvalue weighted by molar-refractivity contribution is 0.666. The fourth-order valence-electron chi connectivity index (χ4n) is 18.1. The van der Waals surface area contributed by atoms with Crippen LogP contribution in [0.25, 0.3) is 201 Å². The summed E-state index contributed by atoms with van der Waals surface area (Å²) in [7, 11) is 0. The number of para-hydroxylation sites is 5. The summed E-state index contributed by atoms with van der Waals surface area (Å²) in [5, 5.41) is 9.64. The standard InChI is InChI=1S/C38H28N4.C36H24N4.C36H23NO/c1-38(2)31-22-11-9-20-29(31)34-33(38)30-21-10-12-23-32(30)42(34)28-19-13-18-27(24-28)37-40-35(25-14-5-3-6-15-25)39-36(41-37)26-16-7-4-8-17-26;1-4-12-25(13-5-1)30-24-33(38-36(37-30)27-14-6-2-7-15-27)40-31-19-11-10-18-29(31)34-32(40)21-20-26-22-23-39(35(26)34)28-16-8-3-9-17-28;1-2-11-24(12-3-1)26-21-27(30-18-10-14-25-13-4-5-15-29(25)30)23-28(22-26)37-33-19-8-6-16-31(33)36-35(37)32-17-7-9-20-34(32)38-36/h3-24H,1-2H3;1-24H;1-23H. The van der Waals surface area contributed by atoms with Crippen LogP contribution in [0.3, 0.4) is 0 Å². The molecule has 0 spiro atoms. The van der Waals surface area contributed by atoms with Crippen LogP contribution in [0.1, 0.15) is 25.0 Å². The Morgan fingerprint density at radius 3 is 1.44 bits per heavy atom. The Morgan fingerprint density at radius 1 is 0.275 bits per heavy atom. The van der Waals surface area contributed by atoms with E-state index in [0.717, 1.165) is 100 Å². The Kier molecular flexibility index (Phi) is 17.3. The van der Waals surface area contributed by atoms with Crippen LogP contribution < -0.4 is 0 Å². The van der Waals surface area contributed by atoms with Crippen LogP contribution in [0.2, 0.25) is 0 Å². The van der Waals surface area contributed by atoms with Gasteiger partial charge in [0.1, 0.15) is 16.9 Å². The number of furan rings is 1. The quantitative estimate of drug-likeness (QED) is 0.128. The summed E-state index contributed by atoms with van der Waals surface area (Å²) < 4.78 is 15.8. The van der Waals surface area contributed by atoms with Crippen LogP contribution in [0.15, 0.2) is 423 Å². The predicted octanol–water partition coefficient (Wildman–Crippen LogP) is 28.0. The Morgan fingerprint density at radius 2 is 0.758 bits per heavy atom. The Hall–Kier alpha value is -15.9. The van der Waals surface area contributed by atoms with Crippen LogP contribution in [0, 0.1) is 0 Å². The number of aromatic nitrogens is 9. The first-order valence-electron chi connectivity index (χ1n) is 40.7. The van der Waals surface area contributed by atoms with Crippen molar-refractivity contribution in [2.24, 2.45) is 0 Å². The van der Waals surface area contributed by atoms with Crippen molar-refractivity contribution in [1.82, 2.24) is 43.2 Å². The van der Waals surface area contributed by atoms with E-state index in [1.807, 2.05) is 103 Å². The van der Waals surface area contributed by atoms with Crippen molar-refractivity contribution in [1.29, 1.82) is 0 Å². The zero-order valence-corrected chi connectivity index (χ0v) is 65.8. The predicted molar refractivity (Wildman–Crippen MR) is 494 cm³/mol. The van der Waals surface area contributed by atoms with E-state index >= 15 is 0 Å². The monoisotopic (exact) mass is 1540 g/mol. The molecule has 120 heavy (non-hydrogen) atoms. The molecule has 0 atom stereocenters. The molecule has 0 N–H and O–H groups in total. The highest BCUT2D eigenvalue weighted by molar-refractivity contribution is 6.21. The molecule has 23 aromatic rings. The third kappa shape index (κ3) is 12.2. The van der Waals surface area contributed by atoms with Crippen LogP contribution >= 0.6 is 0 Å². The van der Waals surface area contributed by atoms with Gasteiger partial charge in [0.05, 0.1) is 39.0 Å². The number of hydrogen-bond acceptors (Lipinski definition) is 6. The first kappa shape index (κ1) is 70.7. The fourth-order valence-corrected chi connectivity index (χ4v) is 18.1. The smallest absolute Gasteiger partial charge is 0.164 e. The summed E-state index contributed by atoms with van der Waals surface area (Å²) in [5.74, 6) is 3.52. The van der Waals surface area contributed by atoms with Gasteiger partial charge < -0.3 is 18.1 Å². The molecule has 7 heterocycles. The molecule has 0 bridgehead atoms. The Labute approximate surface area is 692 Å². The van der Waals surface area contributed by atoms with Crippen molar-refractivity contribution in [3.05, 3.63) is 430 Å². The number of nitrogens with zero attached hydrogens (tertiary/aromatic N) is 9. The largest absolute Gasteiger partial charge is 0.454 e. The SMILES string of the molecule is CC1(C)c2ccccc2-c2c1c1ccccc1n2-c1cccc(-c2nc(-c3ccccc3)nc(-c3ccccc3)n2)c1.c1ccc(-c2cc(-c3cccc4ccccc34)cc(-n3c4ccccc4c4oc5ccccc5c43)c2)cc1.c1ccc(-c2cc(-n3c4ccccc4c4c5c(ccc43)ccn5-c3ccccc3)nc(-c3ccccc3)n2)cc1. The Bertz CT molecular complexity index is 7730. The molecule has 0 unspecified atom stereocenters. The van der Waals surface area contributed by atoms with Crippen molar-refractivity contribution in [2.75, 3.05) is 0 Å². The minimum absolute atomic E-state index is 0.0994. The van der Waals surface area contributed by atoms with E-state index in [2.05, 4.69) is 348 Å². The summed E-state index contributed by atoms with van der Waals surface area (Å²) in [5.41, 5.74) is 27.8. The van der Waals surface area contributed by atoms with Crippen molar-refractivity contribution in [2.45, 2.75) is 19.3 Å². The van der Waals surface area contributed by atoms with E-state index in [0.29, 0.717) is 23.3 Å². The van der Waals surface area contributed by atoms with Gasteiger partial charge >= 0.3 is 0 Å². The summed E-state index contributed by atoms with van der Waals surface area (Å²) in [6.07, 6.45) is 2.16. The van der Waals surface area contributed by atoms with Gasteiger partial charge in [-0.1, -0.05) is 329 Å². The third-order valence-electron chi connectivity index (χ3n) is 23.5. The topological polar surface area (TPSA) is 97.3 Å². The first-order valence-corrected chi connectivity index (χ1v) is 40.7. The maximum Gasteiger partial charge on any atom is 0.164 e. The van der Waals surface area contributed by atoms with Gasteiger partial charge in [-0.3, -0.25) is 4.57 Å². The lowest BCUT2D eigenvalue weighted by atomic mass is 9.81. The van der Waals surface area contributed by atoms with Gasteiger partial charge in [-0.05, 0) is 135 Å². The first-order chi connectivity index (χ1) is 59.3. The highest BCUT2D eigenvalue weighted by Crippen LogP contribution is 2.54. The lowest BCUT2D eigenvalue weighted by Crippen LogP contribution is -2.14. The molecule has 10 nitrogen and oxygen atoms in total. The lowest BCUT2D eigenvalue weighted by Gasteiger charge is -2.21. The third-order valence-corrected chi connectivity index (χ3v) is 23.5. The average Bonchev–Trinajstić information content (AvgIpc) is 1.54. The molecule has 10 heteroatoms. The molecule has 0 fully saturated rings. The maximum absolute atomic E-state index is 6.43. The number of rotatable bonds is 11. The van der Waals surface area contributed by atoms with E-state index in [-0.39, 0.29) is 5.41 Å². The number of fused-ring (bicyclic) bond motifs is 16. The minimum atomic E-state index is -0.0994. The van der Waals surface area contributed by atoms with Gasteiger partial charge in [0.2, 0.25) is 0 Å². The second-order valence-electron chi connectivity index (χ2n) is 31.1. The zero-order chi connectivity index (χ0) is 79.8. The molecule has 0 saturated heterocycles. The molecule has 0 amide bonds. The molecule has 24 rings (SSSR count). The normalized spacial score (nSPS) is 12.2. The van der Waals surface area contributed by atoms with Crippen molar-refractivity contribution >= 4 is 87.4 Å². The van der Waals surface area contributed by atoms with Gasteiger partial charge in [-0.15, -0.1) is 0 Å². The second kappa shape index (κ2) is 29.4. The van der Waals surface area contributed by atoms with Gasteiger partial charge in [0.25, 0.3) is 0 Å². The van der Waals surface area contributed by atoms with Crippen LogP contribution in [0.5, 0.6) is 0 Å². The van der Waals surface area contributed by atoms with Crippen LogP contribution in [-0.4, -0.2) is 43.2 Å². The second-order valence-corrected chi connectivity index (χ2v) is 31.1. The summed E-state index contributed by atoms with van der Waals surface area (Å²) >= 11 is 0. The molecule has 1 aliphatic carbocycles. The molecular weight excluding hydrogens is 1460 g/mol. The van der Waals surface area contributed by atoms with Crippen molar-refractivity contribution in [3.8, 4) is 113 Å². The average molecular weight is 1540 g/mol. The van der Waals surface area contributed by atoms with Crippen LogP contribution in [0.4, 0.5) is 0 Å². The molecular formula is C110H75N9O. The maximum atomic E-state index is 6.43. The van der Waals surface area contributed by atoms with E-state index in [1.165, 1.54) is 88.0 Å². The molecule has 7 aromatic heterocycles. The fraction of sp³-hybridized carbons (Fsp3) is 0.0273. The number of hydrogen-bond donors (Lipinski definition) is 0. The van der Waals surface area contributed by atoms with Gasteiger partial charge in [-0.2, -0.15) is 0 Å². The molecule has 0 saturated carbocycles. The minimum Gasteiger partial charge on any atom is -0.454 e. The highest BCUT2D eigenvalue weighted by atomic mass is 16.3. The zero-order valence-electron chi connectivity index (χ0n) is 65.8. The Balaban J connectivity index is 0.000000108. The number of benzene rings is 16.